The van der Waals surface area contributed by atoms with Crippen molar-refractivity contribution in [3.63, 3.8) is 0 Å². The molecular formula is C69H102ClN19O7S. The Bertz CT molecular complexity index is 3650. The van der Waals surface area contributed by atoms with Crippen LogP contribution in [-0.4, -0.2) is 127 Å². The maximum Gasteiger partial charge on any atom is 0.350 e. The SMILES string of the molecule is CC.CCCCCCCCN(CCCC(=O)OCC)c1ccc(N=Nc2c(C#N)c(C(C)(C)C)nn2-c2cnc(Cl)cn2)c(NCOC(C)(C)C)c1.CCOC(=O)CCCN(CC)c1ccc(N=Nc2c(C#N)c(C(C)C)nn2-c2nc(SC)nc(=O)[nH]2)c(NCOC(C)(C)C)c1. The number of nitrogens with zero attached hydrogens (tertiary/aromatic N) is 16. The van der Waals surface area contributed by atoms with E-state index < -0.39 is 11.1 Å². The smallest absolute Gasteiger partial charge is 0.350 e. The van der Waals surface area contributed by atoms with E-state index in [9.17, 15) is 24.9 Å². The number of azo groups is 2. The number of carbonyl (C=O) groups excluding carboxylic acids is 2. The number of H-pyrrole nitrogens is 1. The van der Waals surface area contributed by atoms with Crippen molar-refractivity contribution < 1.29 is 28.5 Å². The number of aromatic amines is 1. The molecule has 26 nitrogen and oxygen atoms in total. The molecule has 0 radical (unpaired) electrons. The molecule has 3 N–H and O–H groups in total. The first-order valence-corrected chi connectivity index (χ1v) is 35.0. The molecule has 528 valence electrons. The largest absolute Gasteiger partial charge is 0.466 e. The van der Waals surface area contributed by atoms with E-state index in [1.807, 2.05) is 140 Å². The van der Waals surface area contributed by atoms with Crippen molar-refractivity contribution >= 4 is 81.1 Å². The van der Waals surface area contributed by atoms with E-state index in [1.54, 1.807) is 13.2 Å². The number of esters is 2. The van der Waals surface area contributed by atoms with Gasteiger partial charge < -0.3 is 39.4 Å². The predicted molar refractivity (Wildman–Crippen MR) is 384 cm³/mol. The van der Waals surface area contributed by atoms with Crippen LogP contribution in [0.3, 0.4) is 0 Å². The number of aromatic nitrogens is 9. The summed E-state index contributed by atoms with van der Waals surface area (Å²) in [4.78, 5) is 60.0. The van der Waals surface area contributed by atoms with Crippen LogP contribution in [0.2, 0.25) is 5.15 Å². The monoisotopic (exact) mass is 1380 g/mol. The van der Waals surface area contributed by atoms with Gasteiger partial charge in [0.25, 0.3) is 0 Å². The molecule has 0 saturated heterocycles. The molecule has 0 aliphatic rings. The van der Waals surface area contributed by atoms with Crippen LogP contribution in [0.15, 0.2) is 79.2 Å². The molecule has 4 heterocycles. The molecule has 0 aliphatic heterocycles. The maximum atomic E-state index is 12.3. The van der Waals surface area contributed by atoms with E-state index in [-0.39, 0.29) is 76.0 Å². The van der Waals surface area contributed by atoms with Crippen molar-refractivity contribution in [2.24, 2.45) is 20.5 Å². The lowest BCUT2D eigenvalue weighted by Crippen LogP contribution is -2.26. The fourth-order valence-electron chi connectivity index (χ4n) is 9.41. The third-order valence-electron chi connectivity index (χ3n) is 14.2. The molecule has 6 rings (SSSR count). The number of hydrogen-bond donors (Lipinski definition) is 3. The standard InChI is InChI=1S/C37H54ClN9O3.C30H42N10O4S.C2H6/c1-9-11-12-13-14-15-20-46(21-16-17-33(48)49-10-2)27-18-19-29(30(22-27)42-26-50-37(6,7)8)43-44-35-28(23-39)34(36(3,4)5)45-47(35)32-25-40-31(38)24-41-32;1-9-39(15-11-12-24(41)43-10-2)20-13-14-22(23(16-20)32-18-44-30(5,6)7)36-37-26-21(17-31)25(19(3)4)38-40(26)27-33-28(42)35-29(34-27)45-8;1-2/h18-19,22,24-25,42H,9-17,20-21,26H2,1-8H3;13-14,16,19,32H,9-12,15,18H2,1-8H3,(H,33,34,35,42);1-2H3. The normalized spacial score (nSPS) is 11.6. The number of halogens is 1. The number of anilines is 4. The maximum absolute atomic E-state index is 12.3. The summed E-state index contributed by atoms with van der Waals surface area (Å²) < 4.78 is 24.9. The average molecular weight is 1380 g/mol. The number of nitriles is 2. The summed E-state index contributed by atoms with van der Waals surface area (Å²) in [7, 11) is 0. The summed E-state index contributed by atoms with van der Waals surface area (Å²) in [6.07, 6.45) is 13.8. The zero-order valence-electron chi connectivity index (χ0n) is 60.2. The highest BCUT2D eigenvalue weighted by molar-refractivity contribution is 7.98. The number of hydrogen-bond acceptors (Lipinski definition) is 24. The summed E-state index contributed by atoms with van der Waals surface area (Å²) in [5, 5.41) is 55.1. The average Bonchev–Trinajstić information content (AvgIpc) is 1.64. The van der Waals surface area contributed by atoms with Gasteiger partial charge >= 0.3 is 17.6 Å². The van der Waals surface area contributed by atoms with Gasteiger partial charge in [0.05, 0.1) is 59.6 Å². The Labute approximate surface area is 582 Å². The molecular weight excluding hydrogens is 1270 g/mol. The van der Waals surface area contributed by atoms with E-state index in [0.29, 0.717) is 97.5 Å². The number of rotatable bonds is 34. The molecule has 0 spiro atoms. The fraction of sp³-hybridized carbons (Fsp3) is 0.580. The second-order valence-electron chi connectivity index (χ2n) is 25.4. The van der Waals surface area contributed by atoms with Gasteiger partial charge in [-0.3, -0.25) is 14.6 Å². The molecule has 0 fully saturated rings. The van der Waals surface area contributed by atoms with Gasteiger partial charge in [-0.2, -0.15) is 40.1 Å². The lowest BCUT2D eigenvalue weighted by atomic mass is 9.90. The first kappa shape index (κ1) is 81.1. The third-order valence-corrected chi connectivity index (χ3v) is 14.9. The Kier molecular flexibility index (Phi) is 33.7. The summed E-state index contributed by atoms with van der Waals surface area (Å²) in [6, 6.07) is 16.1. The zero-order valence-corrected chi connectivity index (χ0v) is 61.8. The van der Waals surface area contributed by atoms with Gasteiger partial charge in [-0.1, -0.05) is 111 Å². The van der Waals surface area contributed by atoms with Crippen molar-refractivity contribution in [2.75, 3.05) is 79.5 Å². The minimum Gasteiger partial charge on any atom is -0.466 e. The molecule has 97 heavy (non-hydrogen) atoms. The summed E-state index contributed by atoms with van der Waals surface area (Å²) >= 11 is 7.21. The van der Waals surface area contributed by atoms with Crippen LogP contribution in [-0.2, 0) is 34.0 Å². The molecule has 0 amide bonds. The van der Waals surface area contributed by atoms with Gasteiger partial charge in [-0.25, -0.2) is 14.8 Å². The number of carbonyl (C=O) groups is 2. The Hall–Kier alpha value is -8.37. The van der Waals surface area contributed by atoms with Gasteiger partial charge in [0.2, 0.25) is 5.95 Å². The molecule has 0 unspecified atom stereocenters. The highest BCUT2D eigenvalue weighted by atomic mass is 35.5. The van der Waals surface area contributed by atoms with Crippen molar-refractivity contribution in [2.45, 2.75) is 210 Å². The lowest BCUT2D eigenvalue weighted by molar-refractivity contribution is -0.144. The van der Waals surface area contributed by atoms with E-state index in [1.165, 1.54) is 59.2 Å². The van der Waals surface area contributed by atoms with Gasteiger partial charge in [0.1, 0.15) is 53.3 Å². The molecule has 6 aromatic rings. The van der Waals surface area contributed by atoms with Gasteiger partial charge in [-0.05, 0) is 130 Å². The van der Waals surface area contributed by atoms with Crippen LogP contribution in [0.5, 0.6) is 0 Å². The highest BCUT2D eigenvalue weighted by Gasteiger charge is 2.29. The Balaban J connectivity index is 0.000000404. The topological polar surface area (TPSA) is 319 Å². The Morgan fingerprint density at radius 2 is 1.20 bits per heavy atom. The van der Waals surface area contributed by atoms with Gasteiger partial charge in [0.15, 0.2) is 22.6 Å². The molecule has 0 bridgehead atoms. The van der Waals surface area contributed by atoms with E-state index in [4.69, 9.17) is 35.6 Å². The lowest BCUT2D eigenvalue weighted by Gasteiger charge is -2.26. The van der Waals surface area contributed by atoms with Crippen LogP contribution < -0.4 is 26.1 Å². The molecule has 0 saturated carbocycles. The first-order valence-electron chi connectivity index (χ1n) is 33.4. The second kappa shape index (κ2) is 40.4. The quantitative estimate of drug-likeness (QED) is 0.0111. The van der Waals surface area contributed by atoms with Crippen molar-refractivity contribution in [3.8, 4) is 23.9 Å². The molecule has 0 atom stereocenters. The molecule has 0 aliphatic carbocycles. The third kappa shape index (κ3) is 26.5. The number of thioether (sulfide) groups is 1. The van der Waals surface area contributed by atoms with Crippen LogP contribution in [0.25, 0.3) is 11.8 Å². The molecule has 28 heteroatoms. The summed E-state index contributed by atoms with van der Waals surface area (Å²) in [6.45, 7) is 37.7. The number of benzene rings is 2. The summed E-state index contributed by atoms with van der Waals surface area (Å²) in [5.41, 5.74) is 4.10. The Morgan fingerprint density at radius 1 is 0.680 bits per heavy atom. The van der Waals surface area contributed by atoms with E-state index in [2.05, 4.69) is 90.0 Å². The van der Waals surface area contributed by atoms with Crippen molar-refractivity contribution in [1.29, 1.82) is 10.5 Å². The minimum absolute atomic E-state index is 0.0744. The number of nitrogens with one attached hydrogen (secondary N) is 3. The van der Waals surface area contributed by atoms with Gasteiger partial charge in [0, 0.05) is 55.8 Å². The van der Waals surface area contributed by atoms with E-state index >= 15 is 0 Å². The fourth-order valence-corrected chi connectivity index (χ4v) is 9.86. The van der Waals surface area contributed by atoms with Crippen molar-refractivity contribution in [1.82, 2.24) is 44.5 Å². The first-order chi connectivity index (χ1) is 46.2. The van der Waals surface area contributed by atoms with Crippen LogP contribution >= 0.6 is 23.4 Å². The van der Waals surface area contributed by atoms with Crippen LogP contribution in [0, 0.1) is 22.7 Å². The second-order valence-corrected chi connectivity index (χ2v) is 26.5. The Morgan fingerprint density at radius 3 is 1.67 bits per heavy atom. The summed E-state index contributed by atoms with van der Waals surface area (Å²) in [5.74, 6) is 0.286. The van der Waals surface area contributed by atoms with Gasteiger partial charge in [-0.15, -0.1) is 20.5 Å². The molecule has 4 aromatic heterocycles. The van der Waals surface area contributed by atoms with Crippen molar-refractivity contribution in [3.05, 3.63) is 86.9 Å². The number of unbranched alkanes of at least 4 members (excludes halogenated alkanes) is 5. The highest BCUT2D eigenvalue weighted by Crippen LogP contribution is 2.38. The molecule has 2 aromatic carbocycles. The van der Waals surface area contributed by atoms with Crippen LogP contribution in [0.1, 0.15) is 210 Å². The van der Waals surface area contributed by atoms with E-state index in [0.717, 1.165) is 37.3 Å². The number of ether oxygens (including phenoxy) is 4. The zero-order chi connectivity index (χ0) is 71.9. The predicted octanol–water partition coefficient (Wildman–Crippen LogP) is 16.5. The minimum atomic E-state index is -0.601. The van der Waals surface area contributed by atoms with Crippen LogP contribution in [0.4, 0.5) is 45.8 Å².